The zero-order chi connectivity index (χ0) is 13.7. The summed E-state index contributed by atoms with van der Waals surface area (Å²) in [6, 6.07) is 2.02. The molecule has 1 saturated heterocycles. The van der Waals surface area contributed by atoms with Crippen LogP contribution in [0.1, 0.15) is 12.0 Å². The smallest absolute Gasteiger partial charge is 0.531 e. The first kappa shape index (κ1) is 12.0. The highest BCUT2D eigenvalue weighted by atomic mass is 16.5. The zero-order valence-electron chi connectivity index (χ0n) is 11.3. The Morgan fingerprint density at radius 2 is 2.45 bits per heavy atom. The maximum absolute atomic E-state index is 9.93. The van der Waals surface area contributed by atoms with Gasteiger partial charge in [0.05, 0.1) is 6.20 Å². The average molecular weight is 269 g/mol. The Morgan fingerprint density at radius 1 is 1.55 bits per heavy atom. The average Bonchev–Trinajstić information content (AvgIpc) is 3.05. The normalized spacial score (nSPS) is 22.8. The molecule has 0 aromatic carbocycles. The maximum atomic E-state index is 9.93. The molecule has 0 amide bonds. The number of nitrogens with one attached hydrogen (secondary N) is 1. The molecule has 1 fully saturated rings. The van der Waals surface area contributed by atoms with Gasteiger partial charge >= 0.3 is 7.12 Å². The van der Waals surface area contributed by atoms with Crippen molar-refractivity contribution in [2.24, 2.45) is 5.92 Å². The van der Waals surface area contributed by atoms with Crippen LogP contribution in [0.25, 0.3) is 16.6 Å². The second-order valence-electron chi connectivity index (χ2n) is 5.62. The van der Waals surface area contributed by atoms with Gasteiger partial charge in [-0.2, -0.15) is 0 Å². The van der Waals surface area contributed by atoms with E-state index in [1.807, 2.05) is 18.2 Å². The van der Waals surface area contributed by atoms with Crippen molar-refractivity contribution in [3.05, 3.63) is 30.0 Å². The lowest BCUT2D eigenvalue weighted by molar-refractivity contribution is 0.407. The summed E-state index contributed by atoms with van der Waals surface area (Å²) in [6.45, 7) is 2.11. The number of hydrogen-bond acceptors (Lipinski definition) is 4. The lowest BCUT2D eigenvalue weighted by Gasteiger charge is -2.24. The number of aromatic amines is 1. The number of H-pyrrole nitrogens is 1. The molecule has 4 heterocycles. The van der Waals surface area contributed by atoms with E-state index in [9.17, 15) is 5.02 Å². The van der Waals surface area contributed by atoms with E-state index in [1.165, 1.54) is 5.57 Å². The van der Waals surface area contributed by atoms with Crippen LogP contribution in [-0.2, 0) is 0 Å². The van der Waals surface area contributed by atoms with Crippen LogP contribution in [0.3, 0.4) is 0 Å². The van der Waals surface area contributed by atoms with Crippen molar-refractivity contribution in [2.45, 2.75) is 6.42 Å². The van der Waals surface area contributed by atoms with Gasteiger partial charge in [0.15, 0.2) is 0 Å². The minimum atomic E-state index is -0.874. The molecule has 4 rings (SSSR count). The molecular weight excluding hydrogens is 253 g/mol. The van der Waals surface area contributed by atoms with E-state index >= 15 is 0 Å². The molecule has 2 aromatic heterocycles. The fourth-order valence-corrected chi connectivity index (χ4v) is 3.31. The zero-order valence-corrected chi connectivity index (χ0v) is 11.3. The Balaban J connectivity index is 1.88. The van der Waals surface area contributed by atoms with Crippen molar-refractivity contribution in [1.82, 2.24) is 14.9 Å². The molecule has 1 unspecified atom stereocenters. The summed E-state index contributed by atoms with van der Waals surface area (Å²) in [7, 11) is 1.26. The summed E-state index contributed by atoms with van der Waals surface area (Å²) >= 11 is 0. The first-order valence-electron chi connectivity index (χ1n) is 6.94. The molecule has 0 radical (unpaired) electrons. The van der Waals surface area contributed by atoms with E-state index in [-0.39, 0.29) is 0 Å². The van der Waals surface area contributed by atoms with Crippen molar-refractivity contribution in [1.29, 1.82) is 0 Å². The number of pyridine rings is 1. The first-order chi connectivity index (χ1) is 9.72. The number of fused-ring (bicyclic) bond motifs is 3. The fourth-order valence-electron chi connectivity index (χ4n) is 3.31. The van der Waals surface area contributed by atoms with Crippen LogP contribution >= 0.6 is 0 Å². The molecule has 2 aliphatic rings. The van der Waals surface area contributed by atoms with Gasteiger partial charge < -0.3 is 19.6 Å². The number of hydrogen-bond donors (Lipinski definition) is 2. The van der Waals surface area contributed by atoms with Gasteiger partial charge in [0.2, 0.25) is 0 Å². The van der Waals surface area contributed by atoms with E-state index in [2.05, 4.69) is 21.9 Å². The lowest BCUT2D eigenvalue weighted by atomic mass is 9.77. The second kappa shape index (κ2) is 4.36. The fraction of sp³-hybridized carbons (Fsp3) is 0.357. The molecular formula is C14H16BN3O2. The van der Waals surface area contributed by atoms with E-state index < -0.39 is 7.12 Å². The topological polar surface area (TPSA) is 61.4 Å². The van der Waals surface area contributed by atoms with Crippen LogP contribution in [-0.4, -0.2) is 47.1 Å². The summed E-state index contributed by atoms with van der Waals surface area (Å²) < 4.78 is 5.52. The third kappa shape index (κ3) is 1.76. The number of aromatic nitrogens is 2. The van der Waals surface area contributed by atoms with Crippen LogP contribution in [0.2, 0.25) is 0 Å². The van der Waals surface area contributed by atoms with E-state index in [0.717, 1.165) is 36.1 Å². The molecule has 2 aromatic rings. The highest BCUT2D eigenvalue weighted by molar-refractivity contribution is 6.52. The van der Waals surface area contributed by atoms with Crippen LogP contribution in [0.15, 0.2) is 24.4 Å². The minimum absolute atomic E-state index is 0.442. The minimum Gasteiger partial charge on any atom is -0.531 e. The molecule has 0 bridgehead atoms. The standard InChI is InChI=1S/C14H16BN3O2/c1-18-5-3-9(8-18)11-6-15(19)20-12-7-17-14-10(13(11)12)2-4-16-14/h2,4,6-7,9,19H,3,5,8H2,1H3,(H,16,17). The van der Waals surface area contributed by atoms with Crippen molar-refractivity contribution in [3.8, 4) is 5.75 Å². The van der Waals surface area contributed by atoms with Gasteiger partial charge in [-0.05, 0) is 43.5 Å². The number of rotatable bonds is 1. The van der Waals surface area contributed by atoms with E-state index in [1.54, 1.807) is 6.20 Å². The lowest BCUT2D eigenvalue weighted by Crippen LogP contribution is -2.26. The number of likely N-dealkylation sites (tertiary alicyclic amines) is 1. The maximum Gasteiger partial charge on any atom is 0.552 e. The van der Waals surface area contributed by atoms with Crippen molar-refractivity contribution < 1.29 is 9.68 Å². The summed E-state index contributed by atoms with van der Waals surface area (Å²) in [5.41, 5.74) is 3.14. The molecule has 0 spiro atoms. The number of nitrogens with zero attached hydrogens (tertiary/aromatic N) is 2. The van der Waals surface area contributed by atoms with Gasteiger partial charge in [-0.3, -0.25) is 0 Å². The molecule has 5 nitrogen and oxygen atoms in total. The molecule has 1 atom stereocenters. The molecule has 20 heavy (non-hydrogen) atoms. The summed E-state index contributed by atoms with van der Waals surface area (Å²) in [6.07, 6.45) is 4.70. The van der Waals surface area contributed by atoms with Crippen LogP contribution < -0.4 is 4.65 Å². The Bertz CT molecular complexity index is 697. The molecule has 6 heteroatoms. The molecule has 102 valence electrons. The van der Waals surface area contributed by atoms with E-state index in [4.69, 9.17) is 4.65 Å². The van der Waals surface area contributed by atoms with Crippen molar-refractivity contribution in [3.63, 3.8) is 0 Å². The SMILES string of the molecule is CN1CCC(C2=CB(O)Oc3cnc4[nH]ccc4c32)C1. The van der Waals surface area contributed by atoms with Crippen LogP contribution in [0, 0.1) is 5.92 Å². The monoisotopic (exact) mass is 269 g/mol. The summed E-state index contributed by atoms with van der Waals surface area (Å²) in [5.74, 6) is 2.97. The van der Waals surface area contributed by atoms with Crippen LogP contribution in [0.5, 0.6) is 5.75 Å². The molecule has 2 aliphatic heterocycles. The van der Waals surface area contributed by atoms with Crippen molar-refractivity contribution in [2.75, 3.05) is 20.1 Å². The Labute approximate surface area is 117 Å². The Kier molecular flexibility index (Phi) is 2.62. The van der Waals surface area contributed by atoms with Gasteiger partial charge in [0.25, 0.3) is 0 Å². The highest BCUT2D eigenvalue weighted by Gasteiger charge is 2.32. The first-order valence-corrected chi connectivity index (χ1v) is 6.94. The predicted octanol–water partition coefficient (Wildman–Crippen LogP) is 1.31. The summed E-state index contributed by atoms with van der Waals surface area (Å²) in [5, 5.41) is 11.0. The summed E-state index contributed by atoms with van der Waals surface area (Å²) in [4.78, 5) is 9.79. The van der Waals surface area contributed by atoms with Gasteiger partial charge in [-0.15, -0.1) is 0 Å². The van der Waals surface area contributed by atoms with Gasteiger partial charge in [-0.25, -0.2) is 4.98 Å². The molecule has 2 N–H and O–H groups in total. The van der Waals surface area contributed by atoms with E-state index in [0.29, 0.717) is 11.7 Å². The van der Waals surface area contributed by atoms with Crippen LogP contribution in [0.4, 0.5) is 0 Å². The molecule has 0 saturated carbocycles. The quantitative estimate of drug-likeness (QED) is 0.766. The Morgan fingerprint density at radius 3 is 3.25 bits per heavy atom. The third-order valence-electron chi connectivity index (χ3n) is 4.24. The van der Waals surface area contributed by atoms with Gasteiger partial charge in [0.1, 0.15) is 11.4 Å². The predicted molar refractivity (Wildman–Crippen MR) is 78.3 cm³/mol. The van der Waals surface area contributed by atoms with Crippen molar-refractivity contribution >= 4 is 23.7 Å². The highest BCUT2D eigenvalue weighted by Crippen LogP contribution is 2.41. The van der Waals surface area contributed by atoms with Gasteiger partial charge in [-0.1, -0.05) is 0 Å². The molecule has 0 aliphatic carbocycles. The van der Waals surface area contributed by atoms with Gasteiger partial charge in [0, 0.05) is 23.7 Å². The largest absolute Gasteiger partial charge is 0.552 e. The second-order valence-corrected chi connectivity index (χ2v) is 5.62. The Hall–Kier alpha value is -1.79. The third-order valence-corrected chi connectivity index (χ3v) is 4.24.